The topological polar surface area (TPSA) is 237 Å². The van der Waals surface area contributed by atoms with E-state index in [0.29, 0.717) is 25.7 Å². The van der Waals surface area contributed by atoms with E-state index < -0.39 is 97.5 Å². The molecule has 0 aliphatic rings. The molecule has 0 aromatic heterocycles. The molecule has 0 amide bonds. The molecule has 0 aromatic rings. The molecule has 0 radical (unpaired) electrons. The third-order valence-corrected chi connectivity index (χ3v) is 21.8. The van der Waals surface area contributed by atoms with Gasteiger partial charge in [-0.25, -0.2) is 9.13 Å². The van der Waals surface area contributed by atoms with Crippen LogP contribution in [0.2, 0.25) is 0 Å². The molecule has 19 heteroatoms. The van der Waals surface area contributed by atoms with Crippen molar-refractivity contribution >= 4 is 39.5 Å². The Morgan fingerprint density at radius 2 is 0.466 bits per heavy atom. The number of rotatable bonds is 81. The summed E-state index contributed by atoms with van der Waals surface area (Å²) in [6.45, 7) is 14.3. The van der Waals surface area contributed by atoms with Crippen molar-refractivity contribution in [2.24, 2.45) is 23.7 Å². The van der Waals surface area contributed by atoms with Crippen molar-refractivity contribution in [2.75, 3.05) is 39.6 Å². The molecule has 0 heterocycles. The van der Waals surface area contributed by atoms with E-state index in [1.54, 1.807) is 0 Å². The van der Waals surface area contributed by atoms with Crippen LogP contribution in [-0.4, -0.2) is 96.7 Å². The summed E-state index contributed by atoms with van der Waals surface area (Å²) in [4.78, 5) is 73.1. The molecule has 3 unspecified atom stereocenters. The molecule has 0 spiro atoms. The fraction of sp³-hybridized carbons (Fsp3) is 0.952. The van der Waals surface area contributed by atoms with Gasteiger partial charge in [-0.3, -0.25) is 37.3 Å². The van der Waals surface area contributed by atoms with Crippen molar-refractivity contribution in [2.45, 2.75) is 453 Å². The lowest BCUT2D eigenvalue weighted by molar-refractivity contribution is -0.161. The summed E-state index contributed by atoms with van der Waals surface area (Å²) in [7, 11) is -9.93. The van der Waals surface area contributed by atoms with Gasteiger partial charge < -0.3 is 33.8 Å². The largest absolute Gasteiger partial charge is 0.472 e. The van der Waals surface area contributed by atoms with Crippen LogP contribution in [0, 0.1) is 23.7 Å². The summed E-state index contributed by atoms with van der Waals surface area (Å²) >= 11 is 0. The van der Waals surface area contributed by atoms with E-state index in [-0.39, 0.29) is 25.7 Å². The second-order valence-electron chi connectivity index (χ2n) is 31.9. The Hall–Kier alpha value is -1.94. The number of phosphoric acid groups is 2. The monoisotopic (exact) mass is 1510 g/mol. The molecule has 0 saturated carbocycles. The predicted octanol–water partition coefficient (Wildman–Crippen LogP) is 25.2. The Balaban J connectivity index is 5.24. The standard InChI is InChI=1S/C84H164O17P2/c1-9-77(8)63-55-47-39-31-23-19-16-17-20-24-32-40-48-56-64-81(86)94-70-79(100-83(88)66-58-50-42-33-25-21-15-13-11-10-12-14-18-22-28-36-44-52-60-74(2)3)72-98-102(90,91)96-68-78(85)69-97-103(92,93)99-73-80(101-84(89)67-59-51-43-35-27-30-38-46-54-62-76(6)7)71-95-82(87)65-57-49-41-34-26-29-37-45-53-61-75(4)5/h74-80,85H,9-73H2,1-8H3,(H,90,91)(H,92,93)/t77?,78-,79-,80-/m1/s1. The second kappa shape index (κ2) is 72.9. The minimum Gasteiger partial charge on any atom is -0.462 e. The fourth-order valence-corrected chi connectivity index (χ4v) is 14.5. The van der Waals surface area contributed by atoms with Crippen LogP contribution in [0.1, 0.15) is 434 Å². The van der Waals surface area contributed by atoms with Crippen molar-refractivity contribution in [3.8, 4) is 0 Å². The molecule has 0 aromatic carbocycles. The zero-order valence-corrected chi connectivity index (χ0v) is 69.7. The van der Waals surface area contributed by atoms with Crippen molar-refractivity contribution < 1.29 is 80.2 Å². The first-order valence-electron chi connectivity index (χ1n) is 43.2. The zero-order valence-electron chi connectivity index (χ0n) is 68.0. The van der Waals surface area contributed by atoms with E-state index in [1.807, 2.05) is 0 Å². The minimum atomic E-state index is -4.97. The van der Waals surface area contributed by atoms with Gasteiger partial charge in [-0.05, 0) is 49.4 Å². The Labute approximate surface area is 632 Å². The Kier molecular flexibility index (Phi) is 71.5. The maximum absolute atomic E-state index is 13.1. The van der Waals surface area contributed by atoms with Gasteiger partial charge >= 0.3 is 39.5 Å². The molecule has 3 N–H and O–H groups in total. The zero-order chi connectivity index (χ0) is 76.0. The molecule has 6 atom stereocenters. The van der Waals surface area contributed by atoms with Crippen molar-refractivity contribution in [1.82, 2.24) is 0 Å². The van der Waals surface area contributed by atoms with Gasteiger partial charge in [-0.1, -0.05) is 383 Å². The third kappa shape index (κ3) is 76.6. The summed E-state index contributed by atoms with van der Waals surface area (Å²) in [5.41, 5.74) is 0. The number of aliphatic hydroxyl groups is 1. The number of esters is 4. The van der Waals surface area contributed by atoms with Gasteiger partial charge in [-0.15, -0.1) is 0 Å². The SMILES string of the molecule is CCC(C)CCCCCCCCCCCCCCCCC(=O)OC[C@H](COP(=O)(O)OC[C@@H](O)COP(=O)(O)OC[C@@H](COC(=O)CCCCCCCCCCCC(C)C)OC(=O)CCCCCCCCCCCC(C)C)OC(=O)CCCCCCCCCCCCCCCCCCCCC(C)C. The Bertz CT molecular complexity index is 2010. The molecular weight excluding hydrogens is 1340 g/mol. The van der Waals surface area contributed by atoms with Crippen LogP contribution in [-0.2, 0) is 65.4 Å². The number of phosphoric ester groups is 2. The van der Waals surface area contributed by atoms with Crippen LogP contribution >= 0.6 is 15.6 Å². The summed E-state index contributed by atoms with van der Waals surface area (Å²) in [6.07, 6.45) is 61.1. The van der Waals surface area contributed by atoms with E-state index in [2.05, 4.69) is 55.4 Å². The van der Waals surface area contributed by atoms with Crippen LogP contribution in [0.4, 0.5) is 0 Å². The van der Waals surface area contributed by atoms with Gasteiger partial charge in [0.2, 0.25) is 0 Å². The first-order chi connectivity index (χ1) is 49.6. The van der Waals surface area contributed by atoms with Crippen molar-refractivity contribution in [1.29, 1.82) is 0 Å². The third-order valence-electron chi connectivity index (χ3n) is 19.9. The lowest BCUT2D eigenvalue weighted by Crippen LogP contribution is -2.30. The maximum atomic E-state index is 13.1. The van der Waals surface area contributed by atoms with Gasteiger partial charge in [0.05, 0.1) is 26.4 Å². The van der Waals surface area contributed by atoms with Crippen LogP contribution in [0.3, 0.4) is 0 Å². The van der Waals surface area contributed by atoms with E-state index in [4.69, 9.17) is 37.0 Å². The number of carbonyl (C=O) groups is 4. The van der Waals surface area contributed by atoms with Crippen LogP contribution in [0.25, 0.3) is 0 Å². The number of hydrogen-bond donors (Lipinski definition) is 3. The lowest BCUT2D eigenvalue weighted by Gasteiger charge is -2.21. The number of hydrogen-bond acceptors (Lipinski definition) is 15. The molecule has 103 heavy (non-hydrogen) atoms. The van der Waals surface area contributed by atoms with E-state index in [9.17, 15) is 43.2 Å². The molecule has 0 rings (SSSR count). The van der Waals surface area contributed by atoms with E-state index in [1.165, 1.54) is 238 Å². The fourth-order valence-electron chi connectivity index (χ4n) is 12.9. The molecule has 0 aliphatic carbocycles. The van der Waals surface area contributed by atoms with Crippen LogP contribution in [0.15, 0.2) is 0 Å². The quantitative estimate of drug-likeness (QED) is 0.0222. The molecular formula is C84H164O17P2. The van der Waals surface area contributed by atoms with Gasteiger partial charge in [0.15, 0.2) is 12.2 Å². The lowest BCUT2D eigenvalue weighted by atomic mass is 9.99. The summed E-state index contributed by atoms with van der Waals surface area (Å²) in [5.74, 6) is 1.04. The highest BCUT2D eigenvalue weighted by Crippen LogP contribution is 2.45. The van der Waals surface area contributed by atoms with E-state index >= 15 is 0 Å². The van der Waals surface area contributed by atoms with Gasteiger partial charge in [-0.2, -0.15) is 0 Å². The average Bonchev–Trinajstić information content (AvgIpc) is 0.919. The molecule has 0 aliphatic heterocycles. The van der Waals surface area contributed by atoms with Crippen molar-refractivity contribution in [3.05, 3.63) is 0 Å². The smallest absolute Gasteiger partial charge is 0.462 e. The first-order valence-corrected chi connectivity index (χ1v) is 46.2. The predicted molar refractivity (Wildman–Crippen MR) is 423 cm³/mol. The second-order valence-corrected chi connectivity index (χ2v) is 34.8. The molecule has 0 fully saturated rings. The number of aliphatic hydroxyl groups excluding tert-OH is 1. The molecule has 0 bridgehead atoms. The van der Waals surface area contributed by atoms with Gasteiger partial charge in [0.25, 0.3) is 0 Å². The summed E-state index contributed by atoms with van der Waals surface area (Å²) < 4.78 is 68.8. The maximum Gasteiger partial charge on any atom is 0.472 e. The highest BCUT2D eigenvalue weighted by molar-refractivity contribution is 7.47. The highest BCUT2D eigenvalue weighted by atomic mass is 31.2. The normalized spacial score (nSPS) is 14.2. The Morgan fingerprint density at radius 3 is 0.689 bits per heavy atom. The number of ether oxygens (including phenoxy) is 4. The van der Waals surface area contributed by atoms with Crippen LogP contribution in [0.5, 0.6) is 0 Å². The molecule has 0 saturated heterocycles. The minimum absolute atomic E-state index is 0.105. The average molecular weight is 1510 g/mol. The van der Waals surface area contributed by atoms with Gasteiger partial charge in [0, 0.05) is 25.7 Å². The molecule has 17 nitrogen and oxygen atoms in total. The Morgan fingerprint density at radius 1 is 0.272 bits per heavy atom. The number of carbonyl (C=O) groups excluding carboxylic acids is 4. The summed E-state index contributed by atoms with van der Waals surface area (Å²) in [5, 5.41) is 10.7. The molecule has 612 valence electrons. The van der Waals surface area contributed by atoms with Crippen molar-refractivity contribution in [3.63, 3.8) is 0 Å². The van der Waals surface area contributed by atoms with E-state index in [0.717, 1.165) is 114 Å². The first kappa shape index (κ1) is 101. The van der Waals surface area contributed by atoms with Crippen LogP contribution < -0.4 is 0 Å². The summed E-state index contributed by atoms with van der Waals surface area (Å²) in [6, 6.07) is 0. The number of unbranched alkanes of at least 4 members (excludes halogenated alkanes) is 46. The highest BCUT2D eigenvalue weighted by Gasteiger charge is 2.30. The van der Waals surface area contributed by atoms with Gasteiger partial charge in [0.1, 0.15) is 19.3 Å².